The largest absolute Gasteiger partial charge is 0.492 e. The molecule has 7 nitrogen and oxygen atoms in total. The maximum atomic E-state index is 12.7. The van der Waals surface area contributed by atoms with Crippen LogP contribution < -0.4 is 20.9 Å². The fourth-order valence-electron chi connectivity index (χ4n) is 2.65. The van der Waals surface area contributed by atoms with E-state index in [-0.39, 0.29) is 16.9 Å². The second-order valence-corrected chi connectivity index (χ2v) is 5.40. The molecule has 0 aliphatic carbocycles. The Hall–Kier alpha value is -3.24. The second-order valence-electron chi connectivity index (χ2n) is 5.40. The Morgan fingerprint density at radius 1 is 1.00 bits per heavy atom. The monoisotopic (exact) mass is 365 g/mol. The van der Waals surface area contributed by atoms with Gasteiger partial charge in [0.15, 0.2) is 5.70 Å². The summed E-state index contributed by atoms with van der Waals surface area (Å²) in [6.45, 7) is 0. The molecular weight excluding hydrogens is 353 g/mol. The van der Waals surface area contributed by atoms with Crippen LogP contribution in [-0.4, -0.2) is 16.5 Å². The molecule has 135 valence electrons. The number of benzene rings is 2. The average molecular weight is 365 g/mol. The number of fused-ring (bicyclic) bond motifs is 3. The average Bonchev–Trinajstić information content (AvgIpc) is 2.93. The van der Waals surface area contributed by atoms with Crippen molar-refractivity contribution in [2.45, 2.75) is 6.18 Å². The van der Waals surface area contributed by atoms with E-state index in [9.17, 15) is 23.1 Å². The third-order valence-corrected chi connectivity index (χ3v) is 3.84. The molecule has 10 heteroatoms. The number of amides is 1. The van der Waals surface area contributed by atoms with Crippen molar-refractivity contribution >= 4 is 23.0 Å². The van der Waals surface area contributed by atoms with E-state index in [1.807, 2.05) is 0 Å². The third-order valence-electron chi connectivity index (χ3n) is 3.84. The molecular formula is C16H12F3N4O3. The molecule has 0 atom stereocenters. The van der Waals surface area contributed by atoms with Gasteiger partial charge in [-0.1, -0.05) is 12.1 Å². The standard InChI is InChI=1S/C16H10F3N4O2.H2O/c17-16(18,19)9-5-7-10(8-6-9)22-15(25)13-14(24)20-11-3-1-2-4-12(11)23(13)21-22;/h1-8,25H,(H,20,24);1H2. The Balaban J connectivity index is 0.00000196. The zero-order valence-corrected chi connectivity index (χ0v) is 12.9. The fraction of sp³-hybridized carbons (Fsp3) is 0.0625. The summed E-state index contributed by atoms with van der Waals surface area (Å²) in [5.74, 6) is -1.03. The Labute approximate surface area is 145 Å². The lowest BCUT2D eigenvalue weighted by molar-refractivity contribution is -0.137. The van der Waals surface area contributed by atoms with Crippen molar-refractivity contribution in [3.8, 4) is 0 Å². The minimum absolute atomic E-state index is 0. The number of aliphatic hydroxyl groups is 1. The predicted octanol–water partition coefficient (Wildman–Crippen LogP) is 2.32. The number of alkyl halides is 3. The molecule has 2 aliphatic rings. The maximum Gasteiger partial charge on any atom is 0.416 e. The van der Waals surface area contributed by atoms with Gasteiger partial charge in [0.05, 0.1) is 22.6 Å². The molecule has 1 amide bonds. The van der Waals surface area contributed by atoms with Crippen LogP contribution >= 0.6 is 0 Å². The molecule has 0 aromatic heterocycles. The van der Waals surface area contributed by atoms with Gasteiger partial charge in [0.2, 0.25) is 5.88 Å². The second kappa shape index (κ2) is 5.93. The van der Waals surface area contributed by atoms with Crippen molar-refractivity contribution in [3.05, 3.63) is 65.7 Å². The highest BCUT2D eigenvalue weighted by Crippen LogP contribution is 2.39. The molecule has 26 heavy (non-hydrogen) atoms. The third kappa shape index (κ3) is 2.61. The zero-order valence-electron chi connectivity index (χ0n) is 12.9. The summed E-state index contributed by atoms with van der Waals surface area (Å²) in [6.07, 6.45) is -4.46. The number of halogens is 3. The topological polar surface area (TPSA) is 101 Å². The summed E-state index contributed by atoms with van der Waals surface area (Å²) in [6, 6.07) is 11.0. The van der Waals surface area contributed by atoms with Crippen LogP contribution in [0.25, 0.3) is 0 Å². The molecule has 4 rings (SSSR count). The minimum Gasteiger partial charge on any atom is -0.492 e. The fourth-order valence-corrected chi connectivity index (χ4v) is 2.65. The van der Waals surface area contributed by atoms with E-state index in [0.717, 1.165) is 17.1 Å². The van der Waals surface area contributed by atoms with Crippen molar-refractivity contribution in [1.29, 1.82) is 0 Å². The maximum absolute atomic E-state index is 12.7. The van der Waals surface area contributed by atoms with Gasteiger partial charge in [-0.25, -0.2) is 10.0 Å². The van der Waals surface area contributed by atoms with Gasteiger partial charge in [-0.05, 0) is 41.9 Å². The summed E-state index contributed by atoms with van der Waals surface area (Å²) >= 11 is 0. The summed E-state index contributed by atoms with van der Waals surface area (Å²) in [5, 5.41) is 15.2. The molecule has 2 heterocycles. The van der Waals surface area contributed by atoms with Crippen LogP contribution in [-0.2, 0) is 11.0 Å². The minimum atomic E-state index is -4.46. The first-order valence-electron chi connectivity index (χ1n) is 7.19. The first kappa shape index (κ1) is 17.6. The number of hydrogen-bond acceptors (Lipinski definition) is 4. The van der Waals surface area contributed by atoms with Crippen LogP contribution in [0.15, 0.2) is 60.1 Å². The molecule has 0 unspecified atom stereocenters. The molecule has 0 fully saturated rings. The van der Waals surface area contributed by atoms with Crippen molar-refractivity contribution in [3.63, 3.8) is 0 Å². The smallest absolute Gasteiger partial charge is 0.416 e. The molecule has 4 N–H and O–H groups in total. The summed E-state index contributed by atoms with van der Waals surface area (Å²) in [4.78, 5) is 12.2. The molecule has 0 spiro atoms. The van der Waals surface area contributed by atoms with Crippen molar-refractivity contribution < 1.29 is 28.5 Å². The Kier molecular flexibility index (Phi) is 4.01. The number of carbonyl (C=O) groups excluding carboxylic acids is 1. The number of nitrogens with zero attached hydrogens (tertiary/aromatic N) is 3. The number of aliphatic hydroxyl groups excluding tert-OH is 1. The number of hydrogen-bond donors (Lipinski definition) is 2. The van der Waals surface area contributed by atoms with Gasteiger partial charge in [0.25, 0.3) is 5.91 Å². The van der Waals surface area contributed by atoms with Gasteiger partial charge < -0.3 is 15.9 Å². The van der Waals surface area contributed by atoms with Crippen molar-refractivity contribution in [2.24, 2.45) is 0 Å². The lowest BCUT2D eigenvalue weighted by Crippen LogP contribution is -2.39. The highest BCUT2D eigenvalue weighted by molar-refractivity contribution is 6.12. The van der Waals surface area contributed by atoms with Gasteiger partial charge in [0.1, 0.15) is 0 Å². The first-order valence-corrected chi connectivity index (χ1v) is 7.19. The number of para-hydroxylation sites is 2. The molecule has 0 saturated heterocycles. The number of rotatable bonds is 1. The van der Waals surface area contributed by atoms with Gasteiger partial charge in [-0.15, -0.1) is 0 Å². The lowest BCUT2D eigenvalue weighted by Gasteiger charge is -2.26. The number of nitrogens with one attached hydrogen (secondary N) is 1. The normalized spacial score (nSPS) is 16.0. The van der Waals surface area contributed by atoms with Crippen LogP contribution in [0, 0.1) is 0 Å². The van der Waals surface area contributed by atoms with Crippen molar-refractivity contribution in [1.82, 2.24) is 5.53 Å². The highest BCUT2D eigenvalue weighted by atomic mass is 19.4. The van der Waals surface area contributed by atoms with Gasteiger partial charge >= 0.3 is 6.18 Å². The molecule has 2 aliphatic heterocycles. The Morgan fingerprint density at radius 3 is 2.31 bits per heavy atom. The van der Waals surface area contributed by atoms with E-state index in [1.165, 1.54) is 17.1 Å². The van der Waals surface area contributed by atoms with E-state index in [1.54, 1.807) is 24.3 Å². The van der Waals surface area contributed by atoms with E-state index in [2.05, 4.69) is 10.9 Å². The molecule has 1 radical (unpaired) electrons. The van der Waals surface area contributed by atoms with E-state index in [4.69, 9.17) is 0 Å². The van der Waals surface area contributed by atoms with Gasteiger partial charge in [-0.2, -0.15) is 13.2 Å². The molecule has 0 bridgehead atoms. The predicted molar refractivity (Wildman–Crippen MR) is 86.9 cm³/mol. The van der Waals surface area contributed by atoms with Crippen LogP contribution in [0.1, 0.15) is 5.56 Å². The summed E-state index contributed by atoms with van der Waals surface area (Å²) in [5.41, 5.74) is 4.48. The summed E-state index contributed by atoms with van der Waals surface area (Å²) in [7, 11) is 0. The zero-order chi connectivity index (χ0) is 17.8. The van der Waals surface area contributed by atoms with Crippen LogP contribution in [0.2, 0.25) is 0 Å². The number of anilines is 3. The van der Waals surface area contributed by atoms with Crippen molar-refractivity contribution in [2.75, 3.05) is 15.3 Å². The first-order chi connectivity index (χ1) is 11.9. The van der Waals surface area contributed by atoms with Crippen LogP contribution in [0.5, 0.6) is 0 Å². The Morgan fingerprint density at radius 2 is 1.65 bits per heavy atom. The van der Waals surface area contributed by atoms with E-state index in [0.29, 0.717) is 11.4 Å². The van der Waals surface area contributed by atoms with Gasteiger partial charge in [0, 0.05) is 0 Å². The van der Waals surface area contributed by atoms with Gasteiger partial charge in [-0.3, -0.25) is 4.79 Å². The van der Waals surface area contributed by atoms with Crippen LogP contribution in [0.3, 0.4) is 0 Å². The summed E-state index contributed by atoms with van der Waals surface area (Å²) < 4.78 is 38.0. The molecule has 0 saturated carbocycles. The van der Waals surface area contributed by atoms with E-state index >= 15 is 0 Å². The van der Waals surface area contributed by atoms with E-state index < -0.39 is 23.5 Å². The molecule has 2 aromatic carbocycles. The van der Waals surface area contributed by atoms with Crippen LogP contribution in [0.4, 0.5) is 30.2 Å². The Bertz CT molecular complexity index is 896. The highest BCUT2D eigenvalue weighted by Gasteiger charge is 2.41. The lowest BCUT2D eigenvalue weighted by atomic mass is 10.2. The quantitative estimate of drug-likeness (QED) is 0.810. The SMILES string of the molecule is O.O=C1Nc2ccccc2N2[N]N(c3ccc(C(F)(F)F)cc3)C(O)=C12. The molecule has 2 aromatic rings. The number of carbonyl (C=O) groups is 1.